The van der Waals surface area contributed by atoms with Crippen molar-refractivity contribution in [2.75, 3.05) is 0 Å². The molecule has 0 unspecified atom stereocenters. The largest absolute Gasteiger partial charge is 0.338 e. The van der Waals surface area contributed by atoms with Crippen LogP contribution in [0.5, 0.6) is 0 Å². The number of aryl methyl sites for hydroxylation is 1. The SMILES string of the molecule is CCc1ccc([C@@H](NCc2nc(-c3ccccc3)no2)c2cccc(F)c2)cc1. The lowest BCUT2D eigenvalue weighted by atomic mass is 9.97. The molecule has 0 bridgehead atoms. The lowest BCUT2D eigenvalue weighted by molar-refractivity contribution is 0.363. The van der Waals surface area contributed by atoms with Crippen LogP contribution in [-0.4, -0.2) is 10.1 Å². The minimum Gasteiger partial charge on any atom is -0.338 e. The van der Waals surface area contributed by atoms with Crippen molar-refractivity contribution in [1.29, 1.82) is 0 Å². The molecule has 1 heterocycles. The molecule has 4 aromatic rings. The van der Waals surface area contributed by atoms with Crippen molar-refractivity contribution < 1.29 is 8.91 Å². The first-order chi connectivity index (χ1) is 14.2. The molecule has 146 valence electrons. The van der Waals surface area contributed by atoms with Gasteiger partial charge in [-0.15, -0.1) is 0 Å². The second kappa shape index (κ2) is 8.80. The molecule has 0 radical (unpaired) electrons. The Morgan fingerprint density at radius 3 is 2.45 bits per heavy atom. The van der Waals surface area contributed by atoms with E-state index in [9.17, 15) is 4.39 Å². The van der Waals surface area contributed by atoms with Gasteiger partial charge in [0.2, 0.25) is 11.7 Å². The highest BCUT2D eigenvalue weighted by Crippen LogP contribution is 2.24. The predicted molar refractivity (Wildman–Crippen MR) is 111 cm³/mol. The zero-order valence-corrected chi connectivity index (χ0v) is 16.2. The van der Waals surface area contributed by atoms with Crippen LogP contribution in [0.25, 0.3) is 11.4 Å². The van der Waals surface area contributed by atoms with Crippen LogP contribution >= 0.6 is 0 Å². The first-order valence-electron chi connectivity index (χ1n) is 9.68. The Bertz CT molecular complexity index is 1060. The summed E-state index contributed by atoms with van der Waals surface area (Å²) in [5.41, 5.74) is 4.06. The summed E-state index contributed by atoms with van der Waals surface area (Å²) in [5.74, 6) is 0.774. The number of aromatic nitrogens is 2. The van der Waals surface area contributed by atoms with E-state index in [1.165, 1.54) is 11.6 Å². The summed E-state index contributed by atoms with van der Waals surface area (Å²) in [6, 6.07) is 24.5. The van der Waals surface area contributed by atoms with Gasteiger partial charge in [0, 0.05) is 5.56 Å². The van der Waals surface area contributed by atoms with E-state index in [1.807, 2.05) is 36.4 Å². The molecule has 0 aliphatic heterocycles. The fourth-order valence-electron chi connectivity index (χ4n) is 3.28. The average molecular weight is 387 g/mol. The van der Waals surface area contributed by atoms with Gasteiger partial charge in [0.15, 0.2) is 0 Å². The molecule has 0 aliphatic rings. The van der Waals surface area contributed by atoms with Gasteiger partial charge in [-0.05, 0) is 35.2 Å². The molecule has 3 aromatic carbocycles. The number of rotatable bonds is 7. The van der Waals surface area contributed by atoms with E-state index >= 15 is 0 Å². The molecule has 1 N–H and O–H groups in total. The molecule has 1 aromatic heterocycles. The highest BCUT2D eigenvalue weighted by atomic mass is 19.1. The van der Waals surface area contributed by atoms with Crippen molar-refractivity contribution >= 4 is 0 Å². The fourth-order valence-corrected chi connectivity index (χ4v) is 3.28. The summed E-state index contributed by atoms with van der Waals surface area (Å²) in [4.78, 5) is 4.47. The maximum atomic E-state index is 13.8. The minimum atomic E-state index is -0.261. The fraction of sp³-hybridized carbons (Fsp3) is 0.167. The molecule has 0 aliphatic carbocycles. The zero-order valence-electron chi connectivity index (χ0n) is 16.2. The van der Waals surface area contributed by atoms with Gasteiger partial charge < -0.3 is 4.52 Å². The molecule has 0 saturated heterocycles. The van der Waals surface area contributed by atoms with Gasteiger partial charge in [-0.1, -0.05) is 78.8 Å². The van der Waals surface area contributed by atoms with Gasteiger partial charge in [0.05, 0.1) is 12.6 Å². The molecule has 0 amide bonds. The third kappa shape index (κ3) is 4.58. The number of benzene rings is 3. The van der Waals surface area contributed by atoms with Crippen molar-refractivity contribution in [3.8, 4) is 11.4 Å². The van der Waals surface area contributed by atoms with Crippen LogP contribution < -0.4 is 5.32 Å². The maximum absolute atomic E-state index is 13.8. The molecule has 0 fully saturated rings. The highest BCUT2D eigenvalue weighted by Gasteiger charge is 2.16. The third-order valence-electron chi connectivity index (χ3n) is 4.86. The maximum Gasteiger partial charge on any atom is 0.240 e. The lowest BCUT2D eigenvalue weighted by Crippen LogP contribution is -2.22. The monoisotopic (exact) mass is 387 g/mol. The van der Waals surface area contributed by atoms with Crippen LogP contribution in [0.1, 0.15) is 35.5 Å². The summed E-state index contributed by atoms with van der Waals surface area (Å²) in [6.45, 7) is 2.49. The number of nitrogens with zero attached hydrogens (tertiary/aromatic N) is 2. The predicted octanol–water partition coefficient (Wildman–Crippen LogP) is 5.32. The molecule has 0 spiro atoms. The van der Waals surface area contributed by atoms with Crippen LogP contribution in [0, 0.1) is 5.82 Å². The van der Waals surface area contributed by atoms with Gasteiger partial charge in [-0.25, -0.2) is 4.39 Å². The van der Waals surface area contributed by atoms with Gasteiger partial charge >= 0.3 is 0 Å². The van der Waals surface area contributed by atoms with E-state index in [-0.39, 0.29) is 11.9 Å². The summed E-state index contributed by atoms with van der Waals surface area (Å²) in [7, 11) is 0. The first-order valence-corrected chi connectivity index (χ1v) is 9.68. The van der Waals surface area contributed by atoms with Crippen molar-refractivity contribution in [1.82, 2.24) is 15.5 Å². The van der Waals surface area contributed by atoms with E-state index in [0.29, 0.717) is 18.3 Å². The number of hydrogen-bond acceptors (Lipinski definition) is 4. The Morgan fingerprint density at radius 1 is 0.931 bits per heavy atom. The van der Waals surface area contributed by atoms with Crippen molar-refractivity contribution in [2.24, 2.45) is 0 Å². The lowest BCUT2D eigenvalue weighted by Gasteiger charge is -2.19. The number of nitrogens with one attached hydrogen (secondary N) is 1. The standard InChI is InChI=1S/C24H22FN3O/c1-2-17-11-13-18(14-12-17)23(20-9-6-10-21(25)15-20)26-16-22-27-24(28-29-22)19-7-4-3-5-8-19/h3-15,23,26H,2,16H2,1H3/t23-/m1/s1. The smallest absolute Gasteiger partial charge is 0.240 e. The molecule has 1 atom stereocenters. The zero-order chi connectivity index (χ0) is 20.1. The Morgan fingerprint density at radius 2 is 1.72 bits per heavy atom. The summed E-state index contributed by atoms with van der Waals surface area (Å²) < 4.78 is 19.3. The Balaban J connectivity index is 1.56. The summed E-state index contributed by atoms with van der Waals surface area (Å²) in [6.07, 6.45) is 0.975. The Kier molecular flexibility index (Phi) is 5.77. The Labute approximate surface area is 169 Å². The van der Waals surface area contributed by atoms with Gasteiger partial charge in [-0.2, -0.15) is 4.98 Å². The third-order valence-corrected chi connectivity index (χ3v) is 4.86. The van der Waals surface area contributed by atoms with Crippen LogP contribution in [-0.2, 0) is 13.0 Å². The van der Waals surface area contributed by atoms with E-state index in [2.05, 4.69) is 46.6 Å². The minimum absolute atomic E-state index is 0.191. The first kappa shape index (κ1) is 19.0. The highest BCUT2D eigenvalue weighted by molar-refractivity contribution is 5.53. The van der Waals surface area contributed by atoms with Gasteiger partial charge in [0.25, 0.3) is 0 Å². The molecule has 4 nitrogen and oxygen atoms in total. The van der Waals surface area contributed by atoms with Gasteiger partial charge in [0.1, 0.15) is 5.82 Å². The molecule has 29 heavy (non-hydrogen) atoms. The van der Waals surface area contributed by atoms with Crippen molar-refractivity contribution in [3.63, 3.8) is 0 Å². The van der Waals surface area contributed by atoms with Crippen LogP contribution in [0.15, 0.2) is 83.4 Å². The van der Waals surface area contributed by atoms with Crippen molar-refractivity contribution in [3.05, 3.63) is 107 Å². The second-order valence-corrected chi connectivity index (χ2v) is 6.84. The summed E-state index contributed by atoms with van der Waals surface area (Å²) >= 11 is 0. The number of halogens is 1. The van der Waals surface area contributed by atoms with E-state index < -0.39 is 0 Å². The quantitative estimate of drug-likeness (QED) is 0.466. The van der Waals surface area contributed by atoms with E-state index in [1.54, 1.807) is 12.1 Å². The number of hydrogen-bond donors (Lipinski definition) is 1. The van der Waals surface area contributed by atoms with E-state index in [4.69, 9.17) is 4.52 Å². The van der Waals surface area contributed by atoms with E-state index in [0.717, 1.165) is 23.1 Å². The molecule has 4 rings (SSSR count). The van der Waals surface area contributed by atoms with Crippen LogP contribution in [0.2, 0.25) is 0 Å². The molecule has 0 saturated carbocycles. The molecular formula is C24H22FN3O. The average Bonchev–Trinajstić information content (AvgIpc) is 3.24. The molecular weight excluding hydrogens is 365 g/mol. The second-order valence-electron chi connectivity index (χ2n) is 6.84. The van der Waals surface area contributed by atoms with Crippen molar-refractivity contribution in [2.45, 2.75) is 25.9 Å². The summed E-state index contributed by atoms with van der Waals surface area (Å²) in [5, 5.41) is 7.50. The van der Waals surface area contributed by atoms with Gasteiger partial charge in [-0.3, -0.25) is 5.32 Å². The topological polar surface area (TPSA) is 51.0 Å². The normalized spacial score (nSPS) is 12.1. The molecule has 5 heteroatoms. The van der Waals surface area contributed by atoms with Crippen LogP contribution in [0.3, 0.4) is 0 Å². The Hall–Kier alpha value is -3.31. The van der Waals surface area contributed by atoms with Crippen LogP contribution in [0.4, 0.5) is 4.39 Å².